The molecule has 3 heteroatoms. The van der Waals surface area contributed by atoms with Crippen molar-refractivity contribution in [2.75, 3.05) is 7.11 Å². The summed E-state index contributed by atoms with van der Waals surface area (Å²) < 4.78 is 5.94. The van der Waals surface area contributed by atoms with E-state index in [1.165, 1.54) is 0 Å². The van der Waals surface area contributed by atoms with Gasteiger partial charge in [0.2, 0.25) is 0 Å². The standard InChI is InChI=1S/C16H23BrO2/c1-11(10-16(2,3)4)8-15(18)13-7-6-12(19-5)9-14(13)17/h6-7,9,11H,8,10H2,1-5H3. The Morgan fingerprint density at radius 3 is 2.47 bits per heavy atom. The first-order valence-corrected chi connectivity index (χ1v) is 7.39. The number of Topliss-reactive ketones (excluding diaryl/α,β-unsaturated/α-hetero) is 1. The first-order valence-electron chi connectivity index (χ1n) is 6.59. The van der Waals surface area contributed by atoms with Crippen molar-refractivity contribution in [3.63, 3.8) is 0 Å². The predicted octanol–water partition coefficient (Wildman–Crippen LogP) is 5.10. The fourth-order valence-corrected chi connectivity index (χ4v) is 2.97. The third-order valence-corrected chi connectivity index (χ3v) is 3.63. The second-order valence-electron chi connectivity index (χ2n) is 6.34. The van der Waals surface area contributed by atoms with Crippen LogP contribution in [0.2, 0.25) is 0 Å². The number of hydrogen-bond donors (Lipinski definition) is 0. The van der Waals surface area contributed by atoms with Gasteiger partial charge in [-0.1, -0.05) is 27.7 Å². The molecule has 0 radical (unpaired) electrons. The van der Waals surface area contributed by atoms with E-state index in [0.717, 1.165) is 22.2 Å². The van der Waals surface area contributed by atoms with Gasteiger partial charge in [-0.05, 0) is 51.9 Å². The van der Waals surface area contributed by atoms with E-state index >= 15 is 0 Å². The van der Waals surface area contributed by atoms with Crippen molar-refractivity contribution < 1.29 is 9.53 Å². The molecule has 0 N–H and O–H groups in total. The van der Waals surface area contributed by atoms with Gasteiger partial charge in [0.05, 0.1) is 7.11 Å². The van der Waals surface area contributed by atoms with Gasteiger partial charge in [0, 0.05) is 16.5 Å². The third-order valence-electron chi connectivity index (χ3n) is 2.97. The largest absolute Gasteiger partial charge is 0.497 e. The zero-order valence-corrected chi connectivity index (χ0v) is 14.0. The SMILES string of the molecule is COc1ccc(C(=O)CC(C)CC(C)(C)C)c(Br)c1. The molecule has 0 bridgehead atoms. The maximum absolute atomic E-state index is 12.3. The summed E-state index contributed by atoms with van der Waals surface area (Å²) in [5.74, 6) is 1.33. The van der Waals surface area contributed by atoms with Crippen molar-refractivity contribution in [1.29, 1.82) is 0 Å². The normalized spacial score (nSPS) is 13.2. The van der Waals surface area contributed by atoms with Crippen molar-refractivity contribution in [2.24, 2.45) is 11.3 Å². The maximum Gasteiger partial charge on any atom is 0.164 e. The minimum Gasteiger partial charge on any atom is -0.497 e. The lowest BCUT2D eigenvalue weighted by Crippen LogP contribution is -2.14. The zero-order valence-electron chi connectivity index (χ0n) is 12.4. The first kappa shape index (κ1) is 16.2. The van der Waals surface area contributed by atoms with Crippen molar-refractivity contribution in [2.45, 2.75) is 40.5 Å². The lowest BCUT2D eigenvalue weighted by atomic mass is 9.83. The fourth-order valence-electron chi connectivity index (χ4n) is 2.39. The van der Waals surface area contributed by atoms with Crippen LogP contribution in [0.5, 0.6) is 5.75 Å². The molecule has 0 heterocycles. The lowest BCUT2D eigenvalue weighted by Gasteiger charge is -2.22. The Hall–Kier alpha value is -0.830. The molecular formula is C16H23BrO2. The summed E-state index contributed by atoms with van der Waals surface area (Å²) >= 11 is 3.44. The molecule has 106 valence electrons. The second-order valence-corrected chi connectivity index (χ2v) is 7.20. The Bertz CT molecular complexity index is 447. The summed E-state index contributed by atoms with van der Waals surface area (Å²) in [5.41, 5.74) is 0.998. The van der Waals surface area contributed by atoms with E-state index in [-0.39, 0.29) is 11.2 Å². The van der Waals surface area contributed by atoms with Crippen LogP contribution in [0.3, 0.4) is 0 Å². The van der Waals surface area contributed by atoms with Crippen molar-refractivity contribution in [1.82, 2.24) is 0 Å². The summed E-state index contributed by atoms with van der Waals surface area (Å²) in [6.45, 7) is 8.76. The van der Waals surface area contributed by atoms with Crippen LogP contribution in [-0.4, -0.2) is 12.9 Å². The molecule has 0 amide bonds. The molecule has 0 saturated carbocycles. The topological polar surface area (TPSA) is 26.3 Å². The summed E-state index contributed by atoms with van der Waals surface area (Å²) in [4.78, 5) is 12.3. The van der Waals surface area contributed by atoms with Gasteiger partial charge >= 0.3 is 0 Å². The minimum absolute atomic E-state index is 0.186. The van der Waals surface area contributed by atoms with E-state index in [2.05, 4.69) is 43.6 Å². The molecule has 0 aliphatic heterocycles. The van der Waals surface area contributed by atoms with Crippen LogP contribution in [0.25, 0.3) is 0 Å². The number of methoxy groups -OCH3 is 1. The van der Waals surface area contributed by atoms with Crippen LogP contribution in [0, 0.1) is 11.3 Å². The van der Waals surface area contributed by atoms with Crippen molar-refractivity contribution >= 4 is 21.7 Å². The zero-order chi connectivity index (χ0) is 14.6. The molecule has 1 aromatic rings. The van der Waals surface area contributed by atoms with E-state index in [4.69, 9.17) is 4.74 Å². The van der Waals surface area contributed by atoms with Gasteiger partial charge < -0.3 is 4.74 Å². The minimum atomic E-state index is 0.186. The summed E-state index contributed by atoms with van der Waals surface area (Å²) in [6, 6.07) is 5.49. The second kappa shape index (κ2) is 6.56. The highest BCUT2D eigenvalue weighted by Gasteiger charge is 2.19. The summed E-state index contributed by atoms with van der Waals surface area (Å²) in [5, 5.41) is 0. The number of ether oxygens (including phenoxy) is 1. The van der Waals surface area contributed by atoms with Gasteiger partial charge in [-0.15, -0.1) is 0 Å². The predicted molar refractivity (Wildman–Crippen MR) is 82.9 cm³/mol. The maximum atomic E-state index is 12.3. The Morgan fingerprint density at radius 1 is 1.37 bits per heavy atom. The molecule has 0 spiro atoms. The van der Waals surface area contributed by atoms with Gasteiger partial charge in [-0.25, -0.2) is 0 Å². The number of hydrogen-bond acceptors (Lipinski definition) is 2. The number of halogens is 1. The molecule has 1 rings (SSSR count). The summed E-state index contributed by atoms with van der Waals surface area (Å²) in [7, 11) is 1.62. The monoisotopic (exact) mass is 326 g/mol. The van der Waals surface area contributed by atoms with Crippen LogP contribution in [-0.2, 0) is 0 Å². The molecule has 0 saturated heterocycles. The van der Waals surface area contributed by atoms with Crippen LogP contribution < -0.4 is 4.74 Å². The molecule has 0 fully saturated rings. The molecule has 1 aromatic carbocycles. The molecule has 0 aliphatic carbocycles. The number of carbonyl (C=O) groups excluding carboxylic acids is 1. The highest BCUT2D eigenvalue weighted by molar-refractivity contribution is 9.10. The highest BCUT2D eigenvalue weighted by atomic mass is 79.9. The number of benzene rings is 1. The molecule has 1 atom stereocenters. The van der Waals surface area contributed by atoms with E-state index < -0.39 is 0 Å². The first-order chi connectivity index (χ1) is 8.73. The Balaban J connectivity index is 2.73. The quantitative estimate of drug-likeness (QED) is 0.703. The Labute approximate surface area is 124 Å². The average Bonchev–Trinajstić information content (AvgIpc) is 2.25. The van der Waals surface area contributed by atoms with Crippen LogP contribution in [0.1, 0.15) is 50.9 Å². The van der Waals surface area contributed by atoms with E-state index in [0.29, 0.717) is 12.3 Å². The van der Waals surface area contributed by atoms with Crippen molar-refractivity contribution in [3.8, 4) is 5.75 Å². The molecule has 0 aliphatic rings. The van der Waals surface area contributed by atoms with Gasteiger partial charge in [-0.2, -0.15) is 0 Å². The summed E-state index contributed by atoms with van der Waals surface area (Å²) in [6.07, 6.45) is 1.63. The molecule has 2 nitrogen and oxygen atoms in total. The van der Waals surface area contributed by atoms with E-state index in [1.54, 1.807) is 7.11 Å². The average molecular weight is 327 g/mol. The Kier molecular flexibility index (Phi) is 5.60. The van der Waals surface area contributed by atoms with Crippen molar-refractivity contribution in [3.05, 3.63) is 28.2 Å². The Morgan fingerprint density at radius 2 is 2.00 bits per heavy atom. The van der Waals surface area contributed by atoms with Gasteiger partial charge in [0.25, 0.3) is 0 Å². The highest BCUT2D eigenvalue weighted by Crippen LogP contribution is 2.29. The molecular weight excluding hydrogens is 304 g/mol. The fraction of sp³-hybridized carbons (Fsp3) is 0.562. The van der Waals surface area contributed by atoms with Gasteiger partial charge in [0.15, 0.2) is 5.78 Å². The van der Waals surface area contributed by atoms with E-state index in [9.17, 15) is 4.79 Å². The van der Waals surface area contributed by atoms with Crippen LogP contribution >= 0.6 is 15.9 Å². The number of carbonyl (C=O) groups is 1. The molecule has 19 heavy (non-hydrogen) atoms. The molecule has 0 aromatic heterocycles. The lowest BCUT2D eigenvalue weighted by molar-refractivity contribution is 0.0953. The van der Waals surface area contributed by atoms with Crippen LogP contribution in [0.4, 0.5) is 0 Å². The van der Waals surface area contributed by atoms with Crippen LogP contribution in [0.15, 0.2) is 22.7 Å². The smallest absolute Gasteiger partial charge is 0.164 e. The van der Waals surface area contributed by atoms with E-state index in [1.807, 2.05) is 18.2 Å². The number of ketones is 1. The van der Waals surface area contributed by atoms with Gasteiger partial charge in [0.1, 0.15) is 5.75 Å². The third kappa shape index (κ3) is 5.35. The van der Waals surface area contributed by atoms with Gasteiger partial charge in [-0.3, -0.25) is 4.79 Å². The molecule has 1 unspecified atom stereocenters. The number of rotatable bonds is 5.